The Morgan fingerprint density at radius 3 is 1.50 bits per heavy atom. The van der Waals surface area contributed by atoms with Crippen LogP contribution in [0.3, 0.4) is 0 Å². The number of halogens is 1. The van der Waals surface area contributed by atoms with Crippen molar-refractivity contribution >= 4 is 59.2 Å². The molecule has 3 spiro atoms. The van der Waals surface area contributed by atoms with E-state index in [0.29, 0.717) is 86.4 Å². The monoisotopic (exact) mass is 1360 g/mol. The van der Waals surface area contributed by atoms with E-state index in [9.17, 15) is 59.1 Å². The number of rotatable bonds is 12. The molecule has 6 aliphatic heterocycles. The van der Waals surface area contributed by atoms with Gasteiger partial charge < -0.3 is 88.3 Å². The van der Waals surface area contributed by atoms with Crippen molar-refractivity contribution in [3.05, 3.63) is 132 Å². The van der Waals surface area contributed by atoms with Crippen LogP contribution in [-0.2, 0) is 96.5 Å². The number of likely N-dealkylation sites (tertiary alicyclic amines) is 3. The zero-order valence-electron chi connectivity index (χ0n) is 53.3. The Bertz CT molecular complexity index is 3680. The summed E-state index contributed by atoms with van der Waals surface area (Å²) in [5.41, 5.74) is -0.123. The van der Waals surface area contributed by atoms with Gasteiger partial charge in [0.25, 0.3) is 6.47 Å². The average molecular weight is 1360 g/mol. The molecule has 2 amide bonds. The Hall–Kier alpha value is -7.37. The number of benzene rings is 3. The van der Waals surface area contributed by atoms with Gasteiger partial charge in [-0.2, -0.15) is 0 Å². The number of carbonyl (C=O) groups is 8. The molecule has 0 radical (unpaired) electrons. The molecule has 6 heterocycles. The molecule has 96 heavy (non-hydrogen) atoms. The molecule has 12 aliphatic rings. The third-order valence-corrected chi connectivity index (χ3v) is 21.7. The van der Waals surface area contributed by atoms with Crippen molar-refractivity contribution in [3.8, 4) is 23.0 Å². The number of nitrogens with zero attached hydrogens (tertiary/aromatic N) is 3. The first kappa shape index (κ1) is 71.4. The molecule has 3 saturated carbocycles. The topological polar surface area (TPSA) is 354 Å². The molecule has 12 atom stereocenters. The van der Waals surface area contributed by atoms with Crippen LogP contribution < -0.4 is 49.0 Å². The van der Waals surface area contributed by atoms with Crippen molar-refractivity contribution in [1.29, 1.82) is 0 Å². The van der Waals surface area contributed by atoms with Gasteiger partial charge in [-0.1, -0.05) is 81.0 Å². The number of likely N-dealkylation sites (N-methyl/N-ethyl adjacent to an activating group) is 1. The van der Waals surface area contributed by atoms with Crippen LogP contribution in [0.5, 0.6) is 23.0 Å². The predicted molar refractivity (Wildman–Crippen MR) is 329 cm³/mol. The van der Waals surface area contributed by atoms with E-state index < -0.39 is 87.2 Å². The smallest absolute Gasteiger partial charge is 0.662 e. The van der Waals surface area contributed by atoms with Crippen molar-refractivity contribution in [2.24, 2.45) is 0 Å². The van der Waals surface area contributed by atoms with Crippen molar-refractivity contribution in [2.45, 2.75) is 160 Å². The second-order valence-electron chi connectivity index (χ2n) is 25.5. The molecule has 3 aromatic carbocycles. The van der Waals surface area contributed by atoms with Crippen molar-refractivity contribution in [2.75, 3.05) is 53.1 Å². The van der Waals surface area contributed by atoms with E-state index in [-0.39, 0.29) is 130 Å². The largest absolute Gasteiger partial charge is 1.00 e. The molecular weight excluding hydrogens is 1290 g/mol. The summed E-state index contributed by atoms with van der Waals surface area (Å²) in [7, 11) is 2.04. The van der Waals surface area contributed by atoms with E-state index in [4.69, 9.17) is 54.8 Å². The number of Topliss-reactive ketones (excluding diaryl/α,β-unsaturated/α-hetero) is 3. The van der Waals surface area contributed by atoms with Gasteiger partial charge in [-0.15, -0.1) is 0 Å². The maximum atomic E-state index is 13.2. The molecule has 5 N–H and O–H groups in total. The second kappa shape index (κ2) is 27.9. The number of phenols is 1. The normalized spacial score (nSPS) is 31.1. The number of aliphatic hydroxyl groups excluding tert-OH is 2. The summed E-state index contributed by atoms with van der Waals surface area (Å²) in [4.78, 5) is 103. The van der Waals surface area contributed by atoms with Gasteiger partial charge in [-0.3, -0.25) is 19.2 Å². The number of hydrogen-bond acceptors (Lipinski definition) is 24. The maximum absolute atomic E-state index is 13.2. The van der Waals surface area contributed by atoms with Crippen LogP contribution in [0.4, 0.5) is 19.2 Å². The zero-order chi connectivity index (χ0) is 68.2. The number of aliphatic hydroxyl groups is 4. The summed E-state index contributed by atoms with van der Waals surface area (Å²) in [6.45, 7) is 15.2. The molecule has 28 heteroatoms. The van der Waals surface area contributed by atoms with E-state index in [0.717, 1.165) is 46.3 Å². The maximum Gasteiger partial charge on any atom is 1.00 e. The molecule has 3 aromatic rings. The Morgan fingerprint density at radius 2 is 1.00 bits per heavy atom. The van der Waals surface area contributed by atoms with Gasteiger partial charge in [0.05, 0.1) is 52.7 Å². The minimum atomic E-state index is -1.27. The van der Waals surface area contributed by atoms with Crippen molar-refractivity contribution in [1.82, 2.24) is 14.7 Å². The van der Waals surface area contributed by atoms with Crippen molar-refractivity contribution in [3.63, 3.8) is 0 Å². The summed E-state index contributed by atoms with van der Waals surface area (Å²) in [6.07, 6.45) is 6.30. The second-order valence-corrected chi connectivity index (χ2v) is 25.8. The van der Waals surface area contributed by atoms with Crippen LogP contribution in [0.2, 0.25) is 0 Å². The van der Waals surface area contributed by atoms with E-state index >= 15 is 0 Å². The van der Waals surface area contributed by atoms with Crippen LogP contribution >= 0.6 is 11.6 Å². The summed E-state index contributed by atoms with van der Waals surface area (Å²) in [6, 6.07) is 9.87. The minimum Gasteiger partial charge on any atom is -0.662 e. The summed E-state index contributed by atoms with van der Waals surface area (Å²) in [5, 5.41) is 61.9. The van der Waals surface area contributed by atoms with Gasteiger partial charge in [0.2, 0.25) is 0 Å². The Kier molecular flexibility index (Phi) is 20.7. The number of ether oxygens (including phenoxy) is 8. The number of phenolic OH excluding ortho intramolecular Hbond substituents is 1. The van der Waals surface area contributed by atoms with Crippen LogP contribution in [-0.4, -0.2) is 194 Å². The quantitative estimate of drug-likeness (QED) is 0.0251. The Morgan fingerprint density at radius 1 is 0.594 bits per heavy atom. The molecule has 6 aliphatic carbocycles. The average Bonchev–Trinajstić information content (AvgIpc) is 1.42. The third-order valence-electron chi connectivity index (χ3n) is 21.6. The fraction of sp³-hybridized carbons (Fsp3) is 0.500. The summed E-state index contributed by atoms with van der Waals surface area (Å²) >= 11 is 4.75. The molecular formula is C68H75ClN3NaO23. The fourth-order valence-electron chi connectivity index (χ4n) is 18.0. The number of aromatic hydroxyl groups is 1. The molecule has 6 fully saturated rings. The number of amides is 2. The third kappa shape index (κ3) is 10.8. The number of piperidine rings is 3. The van der Waals surface area contributed by atoms with Gasteiger partial charge in [-0.05, 0) is 94.1 Å². The van der Waals surface area contributed by atoms with E-state index in [1.165, 1.54) is 24.3 Å². The van der Waals surface area contributed by atoms with E-state index in [1.54, 1.807) is 28.0 Å². The van der Waals surface area contributed by atoms with Crippen molar-refractivity contribution < 1.29 is 141 Å². The standard InChI is InChI=1S/C25H27NO8.C21H23NO6.C17H19NO4.C4H5ClO2.CH2O3.Na/c1-3-11-31-22(29)26-10-9-24-19-15-5-6-16(14-27)20(19)33-21(24)17(28)7-8-25(24,18(26)13-15)34-23(30)32-12-4-2;1-2-9-27-19(25)22-8-7-20-16-12-3-4-13(11-23)17(16)28-18(20)14(24)5-6-21(20,26)15(22)10-12;1-18-7-6-16-13-9-2-3-10(19)14(13)22-15(16)11(20)4-5-17(16,21)12(18)8-9;1-2-3-7-4(5)6;2-1-4-3;/h3-6,18,21,27H,1-2,7-14H2;2-4,15,18,23,26H,1,5-11H2;2-3,12,15,19,21H,4-8H2,1H3;2H,1,3H2;1,3H;/q;;;;;+1/p-1/t18-,21+,24+,25-;15-,18+,20+,21-;12-,15+,16+,17-;;;/m111.../s1. The zero-order valence-corrected chi connectivity index (χ0v) is 56.1. The molecule has 508 valence electrons. The van der Waals surface area contributed by atoms with Crippen LogP contribution in [0.15, 0.2) is 87.0 Å². The Labute approximate surface area is 579 Å². The van der Waals surface area contributed by atoms with Gasteiger partial charge in [0, 0.05) is 77.8 Å². The molecule has 26 nitrogen and oxygen atoms in total. The van der Waals surface area contributed by atoms with Crippen LogP contribution in [0.1, 0.15) is 102 Å². The molecule has 3 saturated heterocycles. The number of carbonyl (C=O) groups excluding carboxylic acids is 8. The molecule has 6 bridgehead atoms. The van der Waals surface area contributed by atoms with Gasteiger partial charge in [0.1, 0.15) is 37.9 Å². The molecule has 0 unspecified atom stereocenters. The molecule has 0 aromatic heterocycles. The van der Waals surface area contributed by atoms with Crippen LogP contribution in [0.25, 0.3) is 0 Å². The fourth-order valence-corrected chi connectivity index (χ4v) is 18.1. The first-order valence-corrected chi connectivity index (χ1v) is 31.8. The van der Waals surface area contributed by atoms with Gasteiger partial charge >= 0.3 is 53.3 Å². The van der Waals surface area contributed by atoms with Gasteiger partial charge in [0.15, 0.2) is 52.8 Å². The van der Waals surface area contributed by atoms with Crippen LogP contribution in [0, 0.1) is 0 Å². The van der Waals surface area contributed by atoms with E-state index in [1.807, 2.05) is 25.2 Å². The first-order chi connectivity index (χ1) is 45.6. The van der Waals surface area contributed by atoms with E-state index in [2.05, 4.69) is 40.8 Å². The minimum absolute atomic E-state index is 0. The Balaban J connectivity index is 0.000000147. The summed E-state index contributed by atoms with van der Waals surface area (Å²) < 4.78 is 44.4. The molecule has 15 rings (SSSR count). The number of ketones is 3. The number of hydrogen-bond donors (Lipinski definition) is 5. The summed E-state index contributed by atoms with van der Waals surface area (Å²) in [5.74, 6) is 1.46. The first-order valence-electron chi connectivity index (χ1n) is 31.4. The SMILES string of the molecule is C=CCOC(=O)Cl.C=CCOC(=O)N1CC[C@]23c4c5ccc(CO)c4O[C@H]2C(=O)CC[C@@]3(O)[C@H]1C5.C=CCOC(=O)O[C@@]12CCC(=O)[C@@H]3Oc4c(CO)ccc5c4[C@@]31CCN(C(=O)OCC=C)[C@@H]2C5.CN1CC[C@]23c4c5ccc(O)c4O[C@H]2C(=O)CC[C@@]3(O)[C@H]1C5.O=CO[O-].[Na+]. The predicted octanol–water partition coefficient (Wildman–Crippen LogP) is 1.53. The van der Waals surface area contributed by atoms with Gasteiger partial charge in [-0.25, -0.2) is 19.2 Å².